The van der Waals surface area contributed by atoms with E-state index in [4.69, 9.17) is 0 Å². The fourth-order valence-electron chi connectivity index (χ4n) is 2.26. The van der Waals surface area contributed by atoms with Crippen LogP contribution in [0.4, 0.5) is 0 Å². The Balaban J connectivity index is 1.81. The Bertz CT molecular complexity index is 769. The molecule has 3 rings (SSSR count). The van der Waals surface area contributed by atoms with Gasteiger partial charge in [0.15, 0.2) is 0 Å². The predicted molar refractivity (Wildman–Crippen MR) is 91.5 cm³/mol. The maximum Gasteiger partial charge on any atom is 0.110 e. The van der Waals surface area contributed by atoms with E-state index in [-0.39, 0.29) is 6.04 Å². The number of nitrogens with zero attached hydrogens (tertiary/aromatic N) is 2. The van der Waals surface area contributed by atoms with Crippen LogP contribution in [0.5, 0.6) is 0 Å². The Morgan fingerprint density at radius 3 is 2.95 bits per heavy atom. The second-order valence-electron chi connectivity index (χ2n) is 5.04. The highest BCUT2D eigenvalue weighted by Gasteiger charge is 2.11. The molecule has 0 aliphatic carbocycles. The monoisotopic (exact) mass is 361 g/mol. The molecule has 3 aromatic rings. The second kappa shape index (κ2) is 6.22. The van der Waals surface area contributed by atoms with E-state index in [0.717, 1.165) is 32.6 Å². The van der Waals surface area contributed by atoms with Gasteiger partial charge in [-0.1, -0.05) is 28.1 Å². The van der Waals surface area contributed by atoms with Gasteiger partial charge in [0.25, 0.3) is 0 Å². The zero-order chi connectivity index (χ0) is 14.8. The molecule has 1 N–H and O–H groups in total. The van der Waals surface area contributed by atoms with Crippen molar-refractivity contribution in [3.63, 3.8) is 0 Å². The zero-order valence-corrected chi connectivity index (χ0v) is 14.3. The van der Waals surface area contributed by atoms with Crippen molar-refractivity contribution in [3.05, 3.63) is 56.6 Å². The fraction of sp³-hybridized carbons (Fsp3) is 0.250. The van der Waals surface area contributed by atoms with Crippen molar-refractivity contribution in [1.29, 1.82) is 0 Å². The molecule has 1 aromatic carbocycles. The van der Waals surface area contributed by atoms with Crippen LogP contribution < -0.4 is 5.32 Å². The van der Waals surface area contributed by atoms with Gasteiger partial charge in [-0.2, -0.15) is 0 Å². The van der Waals surface area contributed by atoms with Crippen LogP contribution >= 0.6 is 27.3 Å². The third-order valence-corrected chi connectivity index (χ3v) is 5.24. The molecule has 5 heteroatoms. The summed E-state index contributed by atoms with van der Waals surface area (Å²) < 4.78 is 1.08. The van der Waals surface area contributed by atoms with E-state index in [9.17, 15) is 0 Å². The Morgan fingerprint density at radius 2 is 2.19 bits per heavy atom. The van der Waals surface area contributed by atoms with Crippen molar-refractivity contribution in [2.75, 3.05) is 0 Å². The van der Waals surface area contributed by atoms with E-state index in [0.29, 0.717) is 0 Å². The molecule has 108 valence electrons. The minimum atomic E-state index is 0.242. The molecular formula is C16H16BrN3S. The maximum absolute atomic E-state index is 4.53. The van der Waals surface area contributed by atoms with Gasteiger partial charge in [0.1, 0.15) is 5.01 Å². The van der Waals surface area contributed by atoms with Crippen LogP contribution in [-0.2, 0) is 6.54 Å². The van der Waals surface area contributed by atoms with E-state index in [1.807, 2.05) is 19.2 Å². The van der Waals surface area contributed by atoms with Crippen molar-refractivity contribution < 1.29 is 0 Å². The van der Waals surface area contributed by atoms with Crippen LogP contribution in [0, 0.1) is 6.92 Å². The number of aromatic nitrogens is 2. The summed E-state index contributed by atoms with van der Waals surface area (Å²) in [6.07, 6.45) is 1.84. The smallest absolute Gasteiger partial charge is 0.110 e. The number of rotatable bonds is 4. The van der Waals surface area contributed by atoms with Crippen LogP contribution in [0.15, 0.2) is 40.3 Å². The van der Waals surface area contributed by atoms with Crippen molar-refractivity contribution in [2.45, 2.75) is 26.4 Å². The largest absolute Gasteiger partial charge is 0.304 e. The Morgan fingerprint density at radius 1 is 1.33 bits per heavy atom. The molecule has 2 heterocycles. The molecule has 0 fully saturated rings. The number of fused-ring (bicyclic) bond motifs is 1. The quantitative estimate of drug-likeness (QED) is 0.736. The third-order valence-electron chi connectivity index (χ3n) is 3.41. The first-order valence-electron chi connectivity index (χ1n) is 6.82. The van der Waals surface area contributed by atoms with E-state index in [1.54, 1.807) is 11.3 Å². The lowest BCUT2D eigenvalue weighted by atomic mass is 10.1. The number of hydrogen-bond acceptors (Lipinski definition) is 4. The van der Waals surface area contributed by atoms with Gasteiger partial charge >= 0.3 is 0 Å². The molecule has 0 spiro atoms. The summed E-state index contributed by atoms with van der Waals surface area (Å²) in [5.74, 6) is 0. The van der Waals surface area contributed by atoms with Crippen LogP contribution in [0.1, 0.15) is 29.2 Å². The number of thiazole rings is 1. The SMILES string of the molecule is Cc1csc(C(C)NCc2ccc(Br)c3cccnc23)n1. The van der Waals surface area contributed by atoms with Gasteiger partial charge in [-0.05, 0) is 31.5 Å². The summed E-state index contributed by atoms with van der Waals surface area (Å²) in [5, 5.41) is 7.89. The minimum Gasteiger partial charge on any atom is -0.304 e. The van der Waals surface area contributed by atoms with E-state index >= 15 is 0 Å². The van der Waals surface area contributed by atoms with Gasteiger partial charge in [-0.25, -0.2) is 4.98 Å². The summed E-state index contributed by atoms with van der Waals surface area (Å²) in [7, 11) is 0. The number of hydrogen-bond donors (Lipinski definition) is 1. The number of halogens is 1. The molecule has 3 nitrogen and oxygen atoms in total. The van der Waals surface area contributed by atoms with Gasteiger partial charge < -0.3 is 5.32 Å². The summed E-state index contributed by atoms with van der Waals surface area (Å²) in [6, 6.07) is 8.49. The maximum atomic E-state index is 4.53. The topological polar surface area (TPSA) is 37.8 Å². The van der Waals surface area contributed by atoms with Gasteiger partial charge in [0.05, 0.1) is 11.6 Å². The highest BCUT2D eigenvalue weighted by molar-refractivity contribution is 9.10. The third kappa shape index (κ3) is 3.15. The van der Waals surface area contributed by atoms with E-state index in [2.05, 4.69) is 61.7 Å². The normalized spacial score (nSPS) is 12.7. The number of benzene rings is 1. The van der Waals surface area contributed by atoms with Crippen LogP contribution in [0.2, 0.25) is 0 Å². The van der Waals surface area contributed by atoms with Gasteiger partial charge in [-0.15, -0.1) is 11.3 Å². The lowest BCUT2D eigenvalue weighted by Gasteiger charge is -2.13. The highest BCUT2D eigenvalue weighted by atomic mass is 79.9. The number of aryl methyl sites for hydroxylation is 1. The number of nitrogens with one attached hydrogen (secondary N) is 1. The van der Waals surface area contributed by atoms with Gasteiger partial charge in [-0.3, -0.25) is 4.98 Å². The summed E-state index contributed by atoms with van der Waals surface area (Å²) in [6.45, 7) is 4.95. The number of pyridine rings is 1. The second-order valence-corrected chi connectivity index (χ2v) is 6.78. The fourth-order valence-corrected chi connectivity index (χ4v) is 3.54. The molecule has 0 saturated carbocycles. The van der Waals surface area contributed by atoms with Crippen LogP contribution in [0.3, 0.4) is 0 Å². The average molecular weight is 362 g/mol. The molecular weight excluding hydrogens is 346 g/mol. The molecule has 0 aliphatic heterocycles. The van der Waals surface area contributed by atoms with Crippen LogP contribution in [-0.4, -0.2) is 9.97 Å². The molecule has 0 amide bonds. The van der Waals surface area contributed by atoms with Gasteiger partial charge in [0, 0.05) is 33.7 Å². The van der Waals surface area contributed by atoms with Crippen molar-refractivity contribution in [3.8, 4) is 0 Å². The molecule has 0 radical (unpaired) electrons. The summed E-state index contributed by atoms with van der Waals surface area (Å²) >= 11 is 5.28. The van der Waals surface area contributed by atoms with Crippen molar-refractivity contribution in [2.24, 2.45) is 0 Å². The Labute approximate surface area is 136 Å². The molecule has 1 unspecified atom stereocenters. The zero-order valence-electron chi connectivity index (χ0n) is 11.9. The standard InChI is InChI=1S/C16H16BrN3S/c1-10-9-21-16(20-10)11(2)19-8-12-5-6-14(17)13-4-3-7-18-15(12)13/h3-7,9,11,19H,8H2,1-2H3. The average Bonchev–Trinajstić information content (AvgIpc) is 2.93. The highest BCUT2D eigenvalue weighted by Crippen LogP contribution is 2.26. The first kappa shape index (κ1) is 14.6. The lowest BCUT2D eigenvalue weighted by molar-refractivity contribution is 0.572. The van der Waals surface area contributed by atoms with E-state index < -0.39 is 0 Å². The van der Waals surface area contributed by atoms with Crippen molar-refractivity contribution in [1.82, 2.24) is 15.3 Å². The lowest BCUT2D eigenvalue weighted by Crippen LogP contribution is -2.18. The summed E-state index contributed by atoms with van der Waals surface area (Å²) in [4.78, 5) is 9.05. The van der Waals surface area contributed by atoms with E-state index in [1.165, 1.54) is 5.56 Å². The van der Waals surface area contributed by atoms with Gasteiger partial charge in [0.2, 0.25) is 0 Å². The Hall–Kier alpha value is -1.30. The van der Waals surface area contributed by atoms with Crippen LogP contribution in [0.25, 0.3) is 10.9 Å². The molecule has 2 aromatic heterocycles. The first-order valence-corrected chi connectivity index (χ1v) is 8.50. The molecule has 1 atom stereocenters. The summed E-state index contributed by atoms with van der Waals surface area (Å²) in [5.41, 5.74) is 3.33. The minimum absolute atomic E-state index is 0.242. The van der Waals surface area contributed by atoms with Crippen molar-refractivity contribution >= 4 is 38.2 Å². The first-order chi connectivity index (χ1) is 10.1. The molecule has 21 heavy (non-hydrogen) atoms. The molecule has 0 saturated heterocycles. The Kier molecular flexibility index (Phi) is 4.33. The predicted octanol–water partition coefficient (Wildman–Crippen LogP) is 4.61. The molecule has 0 aliphatic rings. The molecule has 0 bridgehead atoms.